The highest BCUT2D eigenvalue weighted by atomic mass is 28.4. The fourth-order valence-electron chi connectivity index (χ4n) is 2.33. The van der Waals surface area contributed by atoms with Gasteiger partial charge in [0, 0.05) is 32.4 Å². The molecule has 0 saturated carbocycles. The smallest absolute Gasteiger partial charge is 0.191 e. The third-order valence-electron chi connectivity index (χ3n) is 5.04. The zero-order chi connectivity index (χ0) is 18.7. The number of fused-ring (bicyclic) bond motifs is 1. The number of aromatic amines is 1. The zero-order valence-electron chi connectivity index (χ0n) is 16.8. The molecular weight excluding hydrogens is 330 g/mol. The van der Waals surface area contributed by atoms with Crippen LogP contribution in [0.4, 0.5) is 5.82 Å². The molecule has 5 nitrogen and oxygen atoms in total. The van der Waals surface area contributed by atoms with Crippen LogP contribution in [-0.2, 0) is 15.6 Å². The summed E-state index contributed by atoms with van der Waals surface area (Å²) in [5.41, 5.74) is 3.23. The highest BCUT2D eigenvalue weighted by Gasteiger charge is 2.36. The minimum Gasteiger partial charge on any atom is -0.416 e. The molecule has 0 aliphatic heterocycles. The summed E-state index contributed by atoms with van der Waals surface area (Å²) in [6.07, 6.45) is 0.882. The lowest BCUT2D eigenvalue weighted by Gasteiger charge is -2.36. The van der Waals surface area contributed by atoms with Crippen molar-refractivity contribution in [3.63, 3.8) is 0 Å². The molecule has 0 amide bonds. The molecule has 0 aliphatic rings. The van der Waals surface area contributed by atoms with Crippen molar-refractivity contribution in [1.29, 1.82) is 0 Å². The Balaban J connectivity index is 2.01. The van der Waals surface area contributed by atoms with Gasteiger partial charge in [-0.3, -0.25) is 0 Å². The van der Waals surface area contributed by atoms with Gasteiger partial charge in [-0.05, 0) is 43.3 Å². The first-order valence-corrected chi connectivity index (χ1v) is 12.0. The molecule has 2 rings (SSSR count). The van der Waals surface area contributed by atoms with Crippen LogP contribution in [0.5, 0.6) is 0 Å². The fourth-order valence-corrected chi connectivity index (χ4v) is 3.37. The van der Waals surface area contributed by atoms with Crippen molar-refractivity contribution in [2.75, 3.05) is 31.9 Å². The number of hydrogen-bond donors (Lipinski definition) is 1. The topological polar surface area (TPSA) is 50.4 Å². The van der Waals surface area contributed by atoms with Crippen molar-refractivity contribution in [1.82, 2.24) is 9.97 Å². The molecule has 0 atom stereocenters. The van der Waals surface area contributed by atoms with E-state index in [1.54, 1.807) is 0 Å². The molecule has 140 valence electrons. The van der Waals surface area contributed by atoms with E-state index >= 15 is 0 Å². The molecule has 6 heteroatoms. The minimum atomic E-state index is -1.68. The molecular formula is C19H33N3O2Si. The lowest BCUT2D eigenvalue weighted by atomic mass is 10.2. The first kappa shape index (κ1) is 19.9. The van der Waals surface area contributed by atoms with E-state index < -0.39 is 8.32 Å². The lowest BCUT2D eigenvalue weighted by molar-refractivity contribution is 0.150. The molecule has 25 heavy (non-hydrogen) atoms. The number of anilines is 1. The number of ether oxygens (including phenoxy) is 1. The van der Waals surface area contributed by atoms with Gasteiger partial charge in [-0.25, -0.2) is 4.98 Å². The van der Waals surface area contributed by atoms with Crippen LogP contribution in [0, 0.1) is 0 Å². The van der Waals surface area contributed by atoms with E-state index in [0.717, 1.165) is 29.9 Å². The molecule has 0 radical (unpaired) electrons. The second-order valence-electron chi connectivity index (χ2n) is 8.08. The highest BCUT2D eigenvalue weighted by Crippen LogP contribution is 2.36. The predicted molar refractivity (Wildman–Crippen MR) is 108 cm³/mol. The normalized spacial score (nSPS) is 12.8. The van der Waals surface area contributed by atoms with E-state index in [4.69, 9.17) is 14.1 Å². The summed E-state index contributed by atoms with van der Waals surface area (Å²) in [5.74, 6) is 0.920. The summed E-state index contributed by atoms with van der Waals surface area (Å²) >= 11 is 0. The average Bonchev–Trinajstić information content (AvgIpc) is 2.92. The monoisotopic (exact) mass is 363 g/mol. The number of H-pyrrole nitrogens is 1. The molecule has 1 N–H and O–H groups in total. The van der Waals surface area contributed by atoms with Gasteiger partial charge in [-0.15, -0.1) is 0 Å². The first-order chi connectivity index (χ1) is 11.6. The maximum atomic E-state index is 6.27. The number of hydrogen-bond acceptors (Lipinski definition) is 4. The van der Waals surface area contributed by atoms with Crippen molar-refractivity contribution in [2.24, 2.45) is 0 Å². The summed E-state index contributed by atoms with van der Waals surface area (Å²) < 4.78 is 11.7. The number of nitrogens with one attached hydrogen (secondary N) is 1. The van der Waals surface area contributed by atoms with Gasteiger partial charge in [0.1, 0.15) is 12.5 Å². The van der Waals surface area contributed by atoms with E-state index in [1.165, 1.54) is 5.69 Å². The molecule has 2 aromatic rings. The Kier molecular flexibility index (Phi) is 6.29. The summed E-state index contributed by atoms with van der Waals surface area (Å²) in [5, 5.41) is 0.245. The average molecular weight is 364 g/mol. The van der Waals surface area contributed by atoms with Crippen molar-refractivity contribution in [3.05, 3.63) is 23.9 Å². The van der Waals surface area contributed by atoms with Crippen LogP contribution < -0.4 is 4.90 Å². The summed E-state index contributed by atoms with van der Waals surface area (Å²) in [7, 11) is 0.306. The second-order valence-corrected chi connectivity index (χ2v) is 12.9. The Morgan fingerprint density at radius 1 is 1.24 bits per heavy atom. The molecule has 0 saturated heterocycles. The highest BCUT2D eigenvalue weighted by molar-refractivity contribution is 6.74. The lowest BCUT2D eigenvalue weighted by Crippen LogP contribution is -2.41. The summed E-state index contributed by atoms with van der Waals surface area (Å²) in [4.78, 5) is 10.2. The predicted octanol–water partition coefficient (Wildman–Crippen LogP) is 4.56. The van der Waals surface area contributed by atoms with E-state index in [1.807, 2.05) is 24.9 Å². The van der Waals surface area contributed by atoms with Gasteiger partial charge in [0.15, 0.2) is 8.32 Å². The third-order valence-corrected chi connectivity index (χ3v) is 9.58. The summed E-state index contributed by atoms with van der Waals surface area (Å²) in [6.45, 7) is 15.4. The molecule has 2 heterocycles. The Bertz CT molecular complexity index is 692. The van der Waals surface area contributed by atoms with Crippen molar-refractivity contribution in [3.8, 4) is 0 Å². The van der Waals surface area contributed by atoms with Crippen LogP contribution in [0.1, 0.15) is 33.4 Å². The largest absolute Gasteiger partial charge is 0.416 e. The van der Waals surface area contributed by atoms with Crippen LogP contribution >= 0.6 is 0 Å². The number of pyridine rings is 1. The summed E-state index contributed by atoms with van der Waals surface area (Å²) in [6, 6.07) is 6.23. The Morgan fingerprint density at radius 3 is 2.60 bits per heavy atom. The van der Waals surface area contributed by atoms with E-state index in [2.05, 4.69) is 51.0 Å². The Hall–Kier alpha value is -1.37. The fraction of sp³-hybridized carbons (Fsp3) is 0.632. The van der Waals surface area contributed by atoms with Gasteiger partial charge in [-0.2, -0.15) is 0 Å². The second kappa shape index (κ2) is 7.89. The molecule has 2 aromatic heterocycles. The van der Waals surface area contributed by atoms with E-state index in [0.29, 0.717) is 13.3 Å². The van der Waals surface area contributed by atoms with Gasteiger partial charge in [0.05, 0.1) is 11.0 Å². The number of rotatable bonds is 8. The molecule has 0 unspecified atom stereocenters. The molecule has 0 bridgehead atoms. The number of nitrogens with zero attached hydrogens (tertiary/aromatic N) is 2. The van der Waals surface area contributed by atoms with Crippen LogP contribution in [0.2, 0.25) is 18.1 Å². The van der Waals surface area contributed by atoms with Crippen molar-refractivity contribution in [2.45, 2.75) is 52.2 Å². The van der Waals surface area contributed by atoms with Gasteiger partial charge >= 0.3 is 0 Å². The van der Waals surface area contributed by atoms with Crippen molar-refractivity contribution >= 4 is 25.2 Å². The maximum absolute atomic E-state index is 6.27. The molecule has 0 fully saturated rings. The SMILES string of the molecule is CCOCN(C)c1ccc2[nH]c(CCO[Si](C)(C)C(C)(C)C)cc2n1. The van der Waals surface area contributed by atoms with Crippen LogP contribution in [0.25, 0.3) is 11.0 Å². The van der Waals surface area contributed by atoms with Gasteiger partial charge in [0.25, 0.3) is 0 Å². The Labute approximate surface area is 152 Å². The van der Waals surface area contributed by atoms with Gasteiger partial charge in [0.2, 0.25) is 0 Å². The van der Waals surface area contributed by atoms with Gasteiger partial charge in [-0.1, -0.05) is 20.8 Å². The van der Waals surface area contributed by atoms with Crippen molar-refractivity contribution < 1.29 is 9.16 Å². The maximum Gasteiger partial charge on any atom is 0.191 e. The van der Waals surface area contributed by atoms with Gasteiger partial charge < -0.3 is 19.0 Å². The molecule has 0 aromatic carbocycles. The first-order valence-electron chi connectivity index (χ1n) is 9.05. The van der Waals surface area contributed by atoms with E-state index in [9.17, 15) is 0 Å². The molecule has 0 spiro atoms. The van der Waals surface area contributed by atoms with Crippen LogP contribution in [0.15, 0.2) is 18.2 Å². The minimum absolute atomic E-state index is 0.245. The van der Waals surface area contributed by atoms with E-state index in [-0.39, 0.29) is 5.04 Å². The zero-order valence-corrected chi connectivity index (χ0v) is 17.8. The standard InChI is InChI=1S/C19H33N3O2Si/c1-8-23-14-22(5)18-10-9-16-17(21-18)13-15(20-16)11-12-24-25(6,7)19(2,3)4/h9-10,13,20H,8,11-12,14H2,1-7H3. The quantitative estimate of drug-likeness (QED) is 0.552. The molecule has 0 aliphatic carbocycles. The third kappa shape index (κ3) is 5.06. The Morgan fingerprint density at radius 2 is 1.96 bits per heavy atom. The van der Waals surface area contributed by atoms with Crippen LogP contribution in [-0.4, -0.2) is 45.3 Å². The van der Waals surface area contributed by atoms with Crippen LogP contribution in [0.3, 0.4) is 0 Å². The number of aromatic nitrogens is 2.